The van der Waals surface area contributed by atoms with Gasteiger partial charge < -0.3 is 4.84 Å². The van der Waals surface area contributed by atoms with E-state index in [0.717, 1.165) is 5.56 Å². The summed E-state index contributed by atoms with van der Waals surface area (Å²) >= 11 is 0. The fourth-order valence-corrected chi connectivity index (χ4v) is 2.81. The van der Waals surface area contributed by atoms with Gasteiger partial charge in [0.05, 0.1) is 12.6 Å². The van der Waals surface area contributed by atoms with Gasteiger partial charge in [-0.2, -0.15) is 5.06 Å². The molecule has 0 aliphatic rings. The minimum atomic E-state index is -0.495. The summed E-state index contributed by atoms with van der Waals surface area (Å²) in [6.07, 6.45) is 0.985. The predicted octanol–water partition coefficient (Wildman–Crippen LogP) is 3.63. The molecule has 118 valence electrons. The number of ketones is 1. The summed E-state index contributed by atoms with van der Waals surface area (Å²) in [5.41, 5.74) is 0.292. The maximum Gasteiger partial charge on any atom is 0.131 e. The number of nitrogens with zero attached hydrogens (tertiary/aromatic N) is 1. The van der Waals surface area contributed by atoms with Gasteiger partial charge >= 0.3 is 0 Å². The summed E-state index contributed by atoms with van der Waals surface area (Å²) in [5.74, 6) is -0.150. The Hall–Kier alpha value is -1.26. The molecule has 0 spiro atoms. The highest BCUT2D eigenvalue weighted by Gasteiger charge is 2.46. The molecule has 1 atom stereocenters. The van der Waals surface area contributed by atoms with Crippen LogP contribution in [-0.4, -0.2) is 30.5 Å². The summed E-state index contributed by atoms with van der Waals surface area (Å²) in [6.45, 7) is 7.87. The van der Waals surface area contributed by atoms with Crippen molar-refractivity contribution in [3.8, 4) is 0 Å². The molecule has 1 aromatic carbocycles. The van der Waals surface area contributed by atoms with Crippen molar-refractivity contribution < 1.29 is 14.0 Å². The first-order chi connectivity index (χ1) is 9.62. The van der Waals surface area contributed by atoms with Gasteiger partial charge in [-0.25, -0.2) is 4.39 Å². The van der Waals surface area contributed by atoms with E-state index in [0.29, 0.717) is 12.8 Å². The third-order valence-corrected chi connectivity index (χ3v) is 4.22. The number of carbonyl (C=O) groups excluding carboxylic acids is 1. The number of hydrogen-bond acceptors (Lipinski definition) is 3. The van der Waals surface area contributed by atoms with Gasteiger partial charge in [-0.1, -0.05) is 32.9 Å². The third-order valence-electron chi connectivity index (χ3n) is 4.22. The lowest BCUT2D eigenvalue weighted by Gasteiger charge is -2.49. The molecule has 0 amide bonds. The second-order valence-electron chi connectivity index (χ2n) is 6.64. The first kappa shape index (κ1) is 17.8. The lowest BCUT2D eigenvalue weighted by Crippen LogP contribution is -2.57. The highest BCUT2D eigenvalue weighted by atomic mass is 19.1. The SMILES string of the molecule is CON(C)C(CC(C)=O)(Cc1ccc(F)cc1)C(C)(C)C. The molecule has 0 aliphatic carbocycles. The zero-order valence-corrected chi connectivity index (χ0v) is 13.9. The summed E-state index contributed by atoms with van der Waals surface area (Å²) in [7, 11) is 3.45. The fourth-order valence-electron chi connectivity index (χ4n) is 2.81. The molecule has 3 nitrogen and oxygen atoms in total. The topological polar surface area (TPSA) is 29.5 Å². The number of Topliss-reactive ketones (excluding diaryl/α,β-unsaturated/α-hetero) is 1. The van der Waals surface area contributed by atoms with E-state index in [4.69, 9.17) is 4.84 Å². The van der Waals surface area contributed by atoms with Crippen LogP contribution in [0.1, 0.15) is 39.7 Å². The summed E-state index contributed by atoms with van der Waals surface area (Å²) < 4.78 is 13.1. The van der Waals surface area contributed by atoms with Crippen LogP contribution in [0.5, 0.6) is 0 Å². The quantitative estimate of drug-likeness (QED) is 0.751. The zero-order chi connectivity index (χ0) is 16.3. The smallest absolute Gasteiger partial charge is 0.131 e. The van der Waals surface area contributed by atoms with E-state index in [1.807, 2.05) is 7.05 Å². The molecule has 0 aromatic heterocycles. The zero-order valence-electron chi connectivity index (χ0n) is 13.9. The van der Waals surface area contributed by atoms with E-state index < -0.39 is 5.54 Å². The van der Waals surface area contributed by atoms with Gasteiger partial charge in [0.1, 0.15) is 11.6 Å². The summed E-state index contributed by atoms with van der Waals surface area (Å²) in [4.78, 5) is 17.3. The van der Waals surface area contributed by atoms with Crippen LogP contribution in [0.3, 0.4) is 0 Å². The van der Waals surface area contributed by atoms with Gasteiger partial charge in [0.2, 0.25) is 0 Å². The Morgan fingerprint density at radius 1 is 1.24 bits per heavy atom. The van der Waals surface area contributed by atoms with Crippen LogP contribution in [0.4, 0.5) is 4.39 Å². The highest BCUT2D eigenvalue weighted by molar-refractivity contribution is 5.77. The van der Waals surface area contributed by atoms with Crippen LogP contribution in [-0.2, 0) is 16.1 Å². The van der Waals surface area contributed by atoms with Crippen LogP contribution in [0.15, 0.2) is 24.3 Å². The molecule has 0 saturated heterocycles. The molecule has 0 bridgehead atoms. The largest absolute Gasteiger partial charge is 0.302 e. The Labute approximate surface area is 127 Å². The monoisotopic (exact) mass is 295 g/mol. The fraction of sp³-hybridized carbons (Fsp3) is 0.588. The Morgan fingerprint density at radius 2 is 1.76 bits per heavy atom. The number of hydrogen-bond donors (Lipinski definition) is 0. The lowest BCUT2D eigenvalue weighted by atomic mass is 9.67. The Morgan fingerprint density at radius 3 is 2.14 bits per heavy atom. The number of carbonyl (C=O) groups is 1. The Bertz CT molecular complexity index is 479. The van der Waals surface area contributed by atoms with E-state index >= 15 is 0 Å². The molecule has 1 rings (SSSR count). The van der Waals surface area contributed by atoms with E-state index in [1.165, 1.54) is 12.1 Å². The molecule has 21 heavy (non-hydrogen) atoms. The van der Waals surface area contributed by atoms with Gasteiger partial charge in [0.15, 0.2) is 0 Å². The third kappa shape index (κ3) is 4.11. The average molecular weight is 295 g/mol. The highest BCUT2D eigenvalue weighted by Crippen LogP contribution is 2.41. The molecule has 4 heteroatoms. The van der Waals surface area contributed by atoms with Crippen LogP contribution < -0.4 is 0 Å². The van der Waals surface area contributed by atoms with Gasteiger partial charge in [-0.05, 0) is 36.5 Å². The first-order valence-corrected chi connectivity index (χ1v) is 7.14. The Balaban J connectivity index is 3.27. The first-order valence-electron chi connectivity index (χ1n) is 7.14. The van der Waals surface area contributed by atoms with Gasteiger partial charge in [-0.3, -0.25) is 4.79 Å². The van der Waals surface area contributed by atoms with Crippen molar-refractivity contribution in [1.29, 1.82) is 0 Å². The van der Waals surface area contributed by atoms with Crippen molar-refractivity contribution in [1.82, 2.24) is 5.06 Å². The van der Waals surface area contributed by atoms with Crippen molar-refractivity contribution >= 4 is 5.78 Å². The van der Waals surface area contributed by atoms with Crippen LogP contribution in [0.2, 0.25) is 0 Å². The Kier molecular flexibility index (Phi) is 5.65. The molecule has 0 radical (unpaired) electrons. The second kappa shape index (κ2) is 6.67. The standard InChI is InChI=1S/C17H26FNO2/c1-13(20)11-17(16(2,3)4,19(5)21-6)12-14-7-9-15(18)10-8-14/h7-10H,11-12H2,1-6H3. The van der Waals surface area contributed by atoms with Crippen molar-refractivity contribution in [2.75, 3.05) is 14.2 Å². The van der Waals surface area contributed by atoms with E-state index in [2.05, 4.69) is 20.8 Å². The van der Waals surface area contributed by atoms with E-state index in [9.17, 15) is 9.18 Å². The molecule has 0 saturated carbocycles. The normalized spacial score (nSPS) is 15.0. The number of hydroxylamine groups is 2. The predicted molar refractivity (Wildman–Crippen MR) is 82.4 cm³/mol. The average Bonchev–Trinajstić information content (AvgIpc) is 2.37. The van der Waals surface area contributed by atoms with E-state index in [-0.39, 0.29) is 17.0 Å². The number of halogens is 1. The van der Waals surface area contributed by atoms with Gasteiger partial charge in [-0.15, -0.1) is 0 Å². The maximum absolute atomic E-state index is 13.1. The minimum Gasteiger partial charge on any atom is -0.302 e. The van der Waals surface area contributed by atoms with Crippen LogP contribution in [0, 0.1) is 11.2 Å². The number of likely N-dealkylation sites (N-methyl/N-ethyl adjacent to an activating group) is 1. The molecule has 0 heterocycles. The van der Waals surface area contributed by atoms with Gasteiger partial charge in [0, 0.05) is 13.5 Å². The number of benzene rings is 1. The molecule has 0 aliphatic heterocycles. The van der Waals surface area contributed by atoms with Crippen molar-refractivity contribution in [2.45, 2.75) is 46.1 Å². The second-order valence-corrected chi connectivity index (χ2v) is 6.64. The lowest BCUT2D eigenvalue weighted by molar-refractivity contribution is -0.217. The molecular weight excluding hydrogens is 269 g/mol. The van der Waals surface area contributed by atoms with Crippen molar-refractivity contribution in [3.05, 3.63) is 35.6 Å². The van der Waals surface area contributed by atoms with Gasteiger partial charge in [0.25, 0.3) is 0 Å². The maximum atomic E-state index is 13.1. The van der Waals surface area contributed by atoms with Crippen LogP contribution >= 0.6 is 0 Å². The minimum absolute atomic E-state index is 0.107. The summed E-state index contributed by atoms with van der Waals surface area (Å²) in [6, 6.07) is 6.42. The van der Waals surface area contributed by atoms with E-state index in [1.54, 1.807) is 31.2 Å². The molecule has 0 fully saturated rings. The molecular formula is C17H26FNO2. The molecule has 1 aromatic rings. The summed E-state index contributed by atoms with van der Waals surface area (Å²) in [5, 5.41) is 1.76. The van der Waals surface area contributed by atoms with Crippen molar-refractivity contribution in [3.63, 3.8) is 0 Å². The van der Waals surface area contributed by atoms with Crippen molar-refractivity contribution in [2.24, 2.45) is 5.41 Å². The molecule has 1 unspecified atom stereocenters. The van der Waals surface area contributed by atoms with Crippen LogP contribution in [0.25, 0.3) is 0 Å². The number of rotatable bonds is 6. The molecule has 0 N–H and O–H groups in total.